The minimum absolute atomic E-state index is 0.140. The Morgan fingerprint density at radius 2 is 1.63 bits per heavy atom. The van der Waals surface area contributed by atoms with Gasteiger partial charge in [-0.1, -0.05) is 20.8 Å². The molecule has 0 aromatic heterocycles. The zero-order valence-electron chi connectivity index (χ0n) is 19.0. The Morgan fingerprint density at radius 1 is 0.967 bits per heavy atom. The van der Waals surface area contributed by atoms with Gasteiger partial charge in [-0.05, 0) is 111 Å². The Kier molecular flexibility index (Phi) is 6.13. The number of hydrogen-bond acceptors (Lipinski definition) is 4. The minimum Gasteiger partial charge on any atom is -0.393 e. The van der Waals surface area contributed by atoms with Gasteiger partial charge in [0.25, 0.3) is 10.1 Å². The highest BCUT2D eigenvalue weighted by Crippen LogP contribution is 2.68. The fourth-order valence-corrected chi connectivity index (χ4v) is 9.50. The van der Waals surface area contributed by atoms with Crippen LogP contribution in [0.5, 0.6) is 0 Å². The van der Waals surface area contributed by atoms with Crippen molar-refractivity contribution in [1.82, 2.24) is 0 Å². The molecule has 0 aromatic carbocycles. The van der Waals surface area contributed by atoms with Gasteiger partial charge < -0.3 is 10.2 Å². The van der Waals surface area contributed by atoms with Crippen LogP contribution in [0.25, 0.3) is 0 Å². The molecule has 3 N–H and O–H groups in total. The van der Waals surface area contributed by atoms with E-state index in [1.54, 1.807) is 0 Å². The third-order valence-electron chi connectivity index (χ3n) is 10.5. The summed E-state index contributed by atoms with van der Waals surface area (Å²) >= 11 is 0. The van der Waals surface area contributed by atoms with E-state index in [1.165, 1.54) is 25.7 Å². The van der Waals surface area contributed by atoms with E-state index in [0.29, 0.717) is 41.9 Å². The van der Waals surface area contributed by atoms with Gasteiger partial charge in [-0.3, -0.25) is 4.55 Å². The summed E-state index contributed by atoms with van der Waals surface area (Å²) in [5.74, 6) is 2.78. The van der Waals surface area contributed by atoms with E-state index in [9.17, 15) is 18.6 Å². The predicted octanol–water partition coefficient (Wildman–Crippen LogP) is 4.28. The SMILES string of the molecule is C[C@H](CCCS(=O)(=O)O)[C@H]1CC[C@H]2[C@@H]3[C@H](O)C[C@@H]4C[C@H](O)CC[C@]4(C)[C@H]3CC[C@]12C. The Bertz CT molecular complexity index is 738. The molecule has 4 rings (SSSR count). The molecule has 4 saturated carbocycles. The molecule has 6 heteroatoms. The monoisotopic (exact) mass is 442 g/mol. The highest BCUT2D eigenvalue weighted by molar-refractivity contribution is 7.85. The molecule has 0 unspecified atom stereocenters. The first-order chi connectivity index (χ1) is 14.0. The first-order valence-electron chi connectivity index (χ1n) is 12.3. The van der Waals surface area contributed by atoms with Crippen LogP contribution in [0.1, 0.15) is 85.0 Å². The minimum atomic E-state index is -3.88. The van der Waals surface area contributed by atoms with Crippen LogP contribution < -0.4 is 0 Å². The van der Waals surface area contributed by atoms with Gasteiger partial charge in [0.2, 0.25) is 0 Å². The van der Waals surface area contributed by atoms with Gasteiger partial charge in [0.15, 0.2) is 0 Å². The molecule has 0 amide bonds. The van der Waals surface area contributed by atoms with E-state index >= 15 is 0 Å². The lowest BCUT2D eigenvalue weighted by atomic mass is 9.43. The van der Waals surface area contributed by atoms with Crippen LogP contribution in [0.15, 0.2) is 0 Å². The number of aliphatic hydroxyl groups is 2. The molecule has 174 valence electrons. The number of hydrogen-bond donors (Lipinski definition) is 3. The standard InChI is InChI=1S/C24H42O5S/c1-15(5-4-12-30(27,28)29)18-6-7-19-22-20(9-11-24(18,19)3)23(2)10-8-17(25)13-16(23)14-21(22)26/h15-22,25-26H,4-14H2,1-3H3,(H,27,28,29)/t15-,16+,17-,18-,19+,20+,21-,22+,23+,24-/m1/s1. The Labute approximate surface area is 182 Å². The average Bonchev–Trinajstić information content (AvgIpc) is 2.99. The molecule has 0 spiro atoms. The van der Waals surface area contributed by atoms with Crippen molar-refractivity contribution in [2.24, 2.45) is 46.3 Å². The van der Waals surface area contributed by atoms with Crippen LogP contribution in [0.3, 0.4) is 0 Å². The first-order valence-corrected chi connectivity index (χ1v) is 13.9. The van der Waals surface area contributed by atoms with E-state index < -0.39 is 10.1 Å². The van der Waals surface area contributed by atoms with Crippen LogP contribution in [0.4, 0.5) is 0 Å². The van der Waals surface area contributed by atoms with Crippen LogP contribution in [-0.2, 0) is 10.1 Å². The summed E-state index contributed by atoms with van der Waals surface area (Å²) in [5.41, 5.74) is 0.473. The quantitative estimate of drug-likeness (QED) is 0.552. The summed E-state index contributed by atoms with van der Waals surface area (Å²) < 4.78 is 31.2. The largest absolute Gasteiger partial charge is 0.393 e. The molecule has 30 heavy (non-hydrogen) atoms. The summed E-state index contributed by atoms with van der Waals surface area (Å²) in [6, 6.07) is 0. The van der Waals surface area contributed by atoms with Crippen LogP contribution in [0.2, 0.25) is 0 Å². The molecular weight excluding hydrogens is 400 g/mol. The zero-order valence-corrected chi connectivity index (χ0v) is 19.8. The van der Waals surface area contributed by atoms with Crippen LogP contribution in [0, 0.1) is 46.3 Å². The van der Waals surface area contributed by atoms with E-state index in [2.05, 4.69) is 20.8 Å². The van der Waals surface area contributed by atoms with Gasteiger partial charge in [0.1, 0.15) is 0 Å². The van der Waals surface area contributed by atoms with Crippen molar-refractivity contribution in [3.8, 4) is 0 Å². The molecule has 4 fully saturated rings. The third kappa shape index (κ3) is 3.88. The highest BCUT2D eigenvalue weighted by atomic mass is 32.2. The average molecular weight is 443 g/mol. The molecule has 4 aliphatic rings. The summed E-state index contributed by atoms with van der Waals surface area (Å²) in [7, 11) is -3.88. The summed E-state index contributed by atoms with van der Waals surface area (Å²) in [6.07, 6.45) is 9.31. The van der Waals surface area contributed by atoms with Gasteiger partial charge in [-0.2, -0.15) is 8.42 Å². The van der Waals surface area contributed by atoms with Crippen molar-refractivity contribution in [1.29, 1.82) is 0 Å². The van der Waals surface area contributed by atoms with E-state index in [4.69, 9.17) is 4.55 Å². The van der Waals surface area contributed by atoms with Crippen molar-refractivity contribution in [2.45, 2.75) is 97.2 Å². The lowest BCUT2D eigenvalue weighted by Gasteiger charge is -2.62. The van der Waals surface area contributed by atoms with Gasteiger partial charge >= 0.3 is 0 Å². The molecule has 0 radical (unpaired) electrons. The maximum Gasteiger partial charge on any atom is 0.264 e. The lowest BCUT2D eigenvalue weighted by molar-refractivity contribution is -0.174. The predicted molar refractivity (Wildman–Crippen MR) is 117 cm³/mol. The normalized spacial score (nSPS) is 49.7. The molecule has 10 atom stereocenters. The third-order valence-corrected chi connectivity index (χ3v) is 11.3. The van der Waals surface area contributed by atoms with Crippen molar-refractivity contribution in [3.05, 3.63) is 0 Å². The van der Waals surface area contributed by atoms with Crippen molar-refractivity contribution >= 4 is 10.1 Å². The molecular formula is C24H42O5S. The lowest BCUT2D eigenvalue weighted by Crippen LogP contribution is -2.58. The smallest absolute Gasteiger partial charge is 0.264 e. The topological polar surface area (TPSA) is 94.8 Å². The second kappa shape index (κ2) is 8.00. The fourth-order valence-electron chi connectivity index (χ4n) is 8.96. The number of aliphatic hydroxyl groups excluding tert-OH is 2. The fraction of sp³-hybridized carbons (Fsp3) is 1.00. The maximum atomic E-state index is 11.3. The van der Waals surface area contributed by atoms with Gasteiger partial charge in [-0.15, -0.1) is 0 Å². The van der Waals surface area contributed by atoms with Gasteiger partial charge in [-0.25, -0.2) is 0 Å². The van der Waals surface area contributed by atoms with Crippen molar-refractivity contribution in [2.75, 3.05) is 5.75 Å². The number of rotatable bonds is 5. The summed E-state index contributed by atoms with van der Waals surface area (Å²) in [6.45, 7) is 7.14. The van der Waals surface area contributed by atoms with Crippen LogP contribution in [-0.4, -0.2) is 41.1 Å². The molecule has 0 bridgehead atoms. The molecule has 4 aliphatic carbocycles. The van der Waals surface area contributed by atoms with Gasteiger partial charge in [0, 0.05) is 0 Å². The Morgan fingerprint density at radius 3 is 2.33 bits per heavy atom. The molecule has 0 saturated heterocycles. The Hall–Kier alpha value is -0.170. The second-order valence-corrected chi connectivity index (χ2v) is 13.4. The molecule has 5 nitrogen and oxygen atoms in total. The van der Waals surface area contributed by atoms with Crippen molar-refractivity contribution in [3.63, 3.8) is 0 Å². The summed E-state index contributed by atoms with van der Waals surface area (Å²) in [4.78, 5) is 0. The maximum absolute atomic E-state index is 11.3. The van der Waals surface area contributed by atoms with E-state index in [-0.39, 0.29) is 28.8 Å². The van der Waals surface area contributed by atoms with E-state index in [0.717, 1.165) is 32.1 Å². The molecule has 0 heterocycles. The molecule has 0 aliphatic heterocycles. The zero-order chi connectivity index (χ0) is 21.9. The summed E-state index contributed by atoms with van der Waals surface area (Å²) in [5, 5.41) is 21.5. The van der Waals surface area contributed by atoms with Gasteiger partial charge in [0.05, 0.1) is 18.0 Å². The van der Waals surface area contributed by atoms with E-state index in [1.807, 2.05) is 0 Å². The Balaban J connectivity index is 1.50. The van der Waals surface area contributed by atoms with Crippen LogP contribution >= 0.6 is 0 Å². The molecule has 0 aromatic rings. The highest BCUT2D eigenvalue weighted by Gasteiger charge is 2.62. The van der Waals surface area contributed by atoms with Crippen molar-refractivity contribution < 1.29 is 23.2 Å². The second-order valence-electron chi connectivity index (χ2n) is 11.9. The first kappa shape index (κ1) is 23.0. The number of fused-ring (bicyclic) bond motifs is 5.